The maximum atomic E-state index is 13.3. The number of nitrogens with one attached hydrogen (secondary N) is 1. The molecule has 0 saturated carbocycles. The second kappa shape index (κ2) is 5.02. The van der Waals surface area contributed by atoms with E-state index in [1.54, 1.807) is 13.0 Å². The Hall–Kier alpha value is -1.01. The van der Waals surface area contributed by atoms with Gasteiger partial charge in [-0.15, -0.1) is 5.92 Å². The molecular formula is C11H11BrFN. The van der Waals surface area contributed by atoms with E-state index in [0.29, 0.717) is 12.2 Å². The fourth-order valence-electron chi connectivity index (χ4n) is 1.02. The largest absolute Gasteiger partial charge is 0.372 e. The van der Waals surface area contributed by atoms with Gasteiger partial charge in [0.05, 0.1) is 12.2 Å². The third-order valence-corrected chi connectivity index (χ3v) is 2.65. The zero-order valence-corrected chi connectivity index (χ0v) is 9.70. The van der Waals surface area contributed by atoms with Gasteiger partial charge in [-0.2, -0.15) is 0 Å². The van der Waals surface area contributed by atoms with E-state index in [-0.39, 0.29) is 5.82 Å². The van der Waals surface area contributed by atoms with Crippen LogP contribution in [-0.4, -0.2) is 6.54 Å². The van der Waals surface area contributed by atoms with Crippen LogP contribution in [0, 0.1) is 24.6 Å². The lowest BCUT2D eigenvalue weighted by atomic mass is 10.2. The third-order valence-electron chi connectivity index (χ3n) is 1.79. The summed E-state index contributed by atoms with van der Waals surface area (Å²) >= 11 is 3.27. The number of anilines is 1. The van der Waals surface area contributed by atoms with Crippen LogP contribution in [-0.2, 0) is 0 Å². The van der Waals surface area contributed by atoms with Crippen molar-refractivity contribution < 1.29 is 4.39 Å². The Kier molecular flexibility index (Phi) is 3.97. The molecule has 1 N–H and O–H groups in total. The maximum Gasteiger partial charge on any atom is 0.147 e. The fourth-order valence-corrected chi connectivity index (χ4v) is 1.34. The molecule has 74 valence electrons. The van der Waals surface area contributed by atoms with Crippen LogP contribution in [0.1, 0.15) is 12.5 Å². The van der Waals surface area contributed by atoms with Gasteiger partial charge in [0.1, 0.15) is 5.82 Å². The van der Waals surface area contributed by atoms with Gasteiger partial charge in [0, 0.05) is 4.47 Å². The highest BCUT2D eigenvalue weighted by molar-refractivity contribution is 9.10. The smallest absolute Gasteiger partial charge is 0.147 e. The van der Waals surface area contributed by atoms with Crippen molar-refractivity contribution in [3.63, 3.8) is 0 Å². The number of halogens is 2. The van der Waals surface area contributed by atoms with Crippen LogP contribution >= 0.6 is 15.9 Å². The van der Waals surface area contributed by atoms with Gasteiger partial charge < -0.3 is 5.32 Å². The predicted molar refractivity (Wildman–Crippen MR) is 60.8 cm³/mol. The molecule has 1 nitrogen and oxygen atoms in total. The highest BCUT2D eigenvalue weighted by Crippen LogP contribution is 2.23. The van der Waals surface area contributed by atoms with E-state index < -0.39 is 0 Å². The highest BCUT2D eigenvalue weighted by atomic mass is 79.9. The molecule has 0 fully saturated rings. The van der Waals surface area contributed by atoms with Crippen LogP contribution in [0.15, 0.2) is 16.6 Å². The molecule has 1 rings (SSSR count). The first kappa shape index (κ1) is 11.1. The summed E-state index contributed by atoms with van der Waals surface area (Å²) < 4.78 is 14.1. The molecule has 0 spiro atoms. The standard InChI is InChI=1S/C11H11BrFN/c1-3-4-5-14-11-6-8(2)9(12)7-10(11)13/h6-7,14H,5H2,1-2H3. The first-order valence-electron chi connectivity index (χ1n) is 4.24. The number of aryl methyl sites for hydroxylation is 1. The van der Waals surface area contributed by atoms with Gasteiger partial charge >= 0.3 is 0 Å². The lowest BCUT2D eigenvalue weighted by molar-refractivity contribution is 0.629. The third kappa shape index (κ3) is 2.74. The van der Waals surface area contributed by atoms with Crippen molar-refractivity contribution in [1.82, 2.24) is 0 Å². The molecule has 0 aliphatic carbocycles. The molecule has 0 bridgehead atoms. The van der Waals surface area contributed by atoms with E-state index in [1.165, 1.54) is 6.07 Å². The minimum atomic E-state index is -0.264. The van der Waals surface area contributed by atoms with Gasteiger partial charge in [-0.05, 0) is 31.5 Å². The average molecular weight is 256 g/mol. The molecule has 0 aromatic heterocycles. The molecular weight excluding hydrogens is 245 g/mol. The maximum absolute atomic E-state index is 13.3. The monoisotopic (exact) mass is 255 g/mol. The van der Waals surface area contributed by atoms with Crippen LogP contribution in [0.5, 0.6) is 0 Å². The zero-order valence-electron chi connectivity index (χ0n) is 8.12. The predicted octanol–water partition coefficient (Wildman–Crippen LogP) is 3.33. The van der Waals surface area contributed by atoms with Crippen LogP contribution in [0.4, 0.5) is 10.1 Å². The van der Waals surface area contributed by atoms with Crippen molar-refractivity contribution >= 4 is 21.6 Å². The first-order chi connectivity index (χ1) is 6.65. The summed E-state index contributed by atoms with van der Waals surface area (Å²) in [7, 11) is 0. The number of rotatable bonds is 2. The molecule has 0 saturated heterocycles. The topological polar surface area (TPSA) is 12.0 Å². The van der Waals surface area contributed by atoms with Crippen molar-refractivity contribution in [1.29, 1.82) is 0 Å². The van der Waals surface area contributed by atoms with Gasteiger partial charge in [-0.1, -0.05) is 21.9 Å². The van der Waals surface area contributed by atoms with E-state index in [0.717, 1.165) is 10.0 Å². The summed E-state index contributed by atoms with van der Waals surface area (Å²) in [5.74, 6) is 5.29. The molecule has 0 unspecified atom stereocenters. The summed E-state index contributed by atoms with van der Waals surface area (Å²) in [4.78, 5) is 0. The summed E-state index contributed by atoms with van der Waals surface area (Å²) in [5, 5.41) is 2.91. The summed E-state index contributed by atoms with van der Waals surface area (Å²) in [6.45, 7) is 4.14. The van der Waals surface area contributed by atoms with E-state index in [9.17, 15) is 4.39 Å². The van der Waals surface area contributed by atoms with Crippen LogP contribution in [0.3, 0.4) is 0 Å². The second-order valence-corrected chi connectivity index (χ2v) is 3.72. The molecule has 0 radical (unpaired) electrons. The number of hydrogen-bond donors (Lipinski definition) is 1. The van der Waals surface area contributed by atoms with Crippen LogP contribution in [0.2, 0.25) is 0 Å². The van der Waals surface area contributed by atoms with Gasteiger partial charge in [0.15, 0.2) is 0 Å². The second-order valence-electron chi connectivity index (χ2n) is 2.86. The lowest BCUT2D eigenvalue weighted by Crippen LogP contribution is -2.01. The minimum absolute atomic E-state index is 0.264. The van der Waals surface area contributed by atoms with E-state index >= 15 is 0 Å². The lowest BCUT2D eigenvalue weighted by Gasteiger charge is -2.06. The normalized spacial score (nSPS) is 9.14. The Balaban J connectivity index is 2.85. The van der Waals surface area contributed by atoms with Crippen molar-refractivity contribution in [3.8, 4) is 11.8 Å². The molecule has 0 heterocycles. The van der Waals surface area contributed by atoms with Crippen molar-refractivity contribution in [2.24, 2.45) is 0 Å². The summed E-state index contributed by atoms with van der Waals surface area (Å²) in [5.41, 5.74) is 1.49. The fraction of sp³-hybridized carbons (Fsp3) is 0.273. The van der Waals surface area contributed by atoms with Crippen LogP contribution in [0.25, 0.3) is 0 Å². The van der Waals surface area contributed by atoms with Crippen LogP contribution < -0.4 is 5.32 Å². The molecule has 14 heavy (non-hydrogen) atoms. The van der Waals surface area contributed by atoms with E-state index in [4.69, 9.17) is 0 Å². The summed E-state index contributed by atoms with van der Waals surface area (Å²) in [6.07, 6.45) is 0. The zero-order chi connectivity index (χ0) is 10.6. The SMILES string of the molecule is CC#CCNc1cc(C)c(Br)cc1F. The Bertz CT molecular complexity index is 390. The Morgan fingerprint density at radius 1 is 1.50 bits per heavy atom. The molecule has 0 aliphatic heterocycles. The molecule has 0 aliphatic rings. The van der Waals surface area contributed by atoms with Crippen molar-refractivity contribution in [2.75, 3.05) is 11.9 Å². The quantitative estimate of drug-likeness (QED) is 0.800. The average Bonchev–Trinajstić information content (AvgIpc) is 2.14. The van der Waals surface area contributed by atoms with Gasteiger partial charge in [0.25, 0.3) is 0 Å². The van der Waals surface area contributed by atoms with Crippen molar-refractivity contribution in [3.05, 3.63) is 28.0 Å². The molecule has 0 atom stereocenters. The first-order valence-corrected chi connectivity index (χ1v) is 5.03. The van der Waals surface area contributed by atoms with E-state index in [2.05, 4.69) is 33.1 Å². The van der Waals surface area contributed by atoms with Gasteiger partial charge in [0.2, 0.25) is 0 Å². The Morgan fingerprint density at radius 3 is 2.86 bits per heavy atom. The van der Waals surface area contributed by atoms with Crippen molar-refractivity contribution in [2.45, 2.75) is 13.8 Å². The molecule has 0 amide bonds. The Labute approximate surface area is 91.8 Å². The molecule has 1 aromatic rings. The number of hydrogen-bond acceptors (Lipinski definition) is 1. The van der Waals surface area contributed by atoms with Gasteiger partial charge in [-0.25, -0.2) is 4.39 Å². The Morgan fingerprint density at radius 2 is 2.21 bits per heavy atom. The minimum Gasteiger partial charge on any atom is -0.372 e. The van der Waals surface area contributed by atoms with E-state index in [1.807, 2.05) is 6.92 Å². The number of benzene rings is 1. The van der Waals surface area contributed by atoms with Gasteiger partial charge in [-0.3, -0.25) is 0 Å². The molecule has 3 heteroatoms. The summed E-state index contributed by atoms with van der Waals surface area (Å²) in [6, 6.07) is 3.22. The molecule has 1 aromatic carbocycles. The highest BCUT2D eigenvalue weighted by Gasteiger charge is 2.04.